The molecule has 2 atom stereocenters. The van der Waals surface area contributed by atoms with E-state index in [-0.39, 0.29) is 0 Å². The third-order valence-corrected chi connectivity index (χ3v) is 3.63. The van der Waals surface area contributed by atoms with Gasteiger partial charge in [-0.2, -0.15) is 0 Å². The van der Waals surface area contributed by atoms with Gasteiger partial charge >= 0.3 is 0 Å². The van der Waals surface area contributed by atoms with Gasteiger partial charge in [0.05, 0.1) is 17.1 Å². The lowest BCUT2D eigenvalue weighted by atomic mass is 10.0. The molecule has 1 aromatic heterocycles. The summed E-state index contributed by atoms with van der Waals surface area (Å²) < 4.78 is 2.22. The number of para-hydroxylation sites is 2. The molecule has 0 radical (unpaired) electrons. The van der Waals surface area contributed by atoms with Crippen LogP contribution >= 0.6 is 0 Å². The van der Waals surface area contributed by atoms with E-state index in [9.17, 15) is 0 Å². The number of rotatable bonds is 1. The SMILES string of the molecule is CC1CCNC1c1nc2ccccc2n1C. The summed E-state index contributed by atoms with van der Waals surface area (Å²) in [5, 5.41) is 3.54. The normalized spacial score (nSPS) is 25.4. The summed E-state index contributed by atoms with van der Waals surface area (Å²) in [5.41, 5.74) is 2.32. The molecule has 2 heterocycles. The van der Waals surface area contributed by atoms with Crippen molar-refractivity contribution in [3.05, 3.63) is 30.1 Å². The van der Waals surface area contributed by atoms with Gasteiger partial charge < -0.3 is 9.88 Å². The molecule has 0 aliphatic carbocycles. The molecule has 1 saturated heterocycles. The molecule has 0 spiro atoms. The van der Waals surface area contributed by atoms with Gasteiger partial charge in [-0.05, 0) is 31.0 Å². The highest BCUT2D eigenvalue weighted by Crippen LogP contribution is 2.29. The molecular formula is C13H17N3. The van der Waals surface area contributed by atoms with Crippen molar-refractivity contribution in [2.45, 2.75) is 19.4 Å². The molecule has 1 N–H and O–H groups in total. The van der Waals surface area contributed by atoms with Crippen LogP contribution in [0.2, 0.25) is 0 Å². The van der Waals surface area contributed by atoms with Crippen LogP contribution in [-0.4, -0.2) is 16.1 Å². The summed E-state index contributed by atoms with van der Waals surface area (Å²) in [5.74, 6) is 1.85. The molecule has 84 valence electrons. The predicted octanol–water partition coefficient (Wildman–Crippen LogP) is 2.24. The van der Waals surface area contributed by atoms with Crippen LogP contribution in [-0.2, 0) is 7.05 Å². The minimum absolute atomic E-state index is 0.414. The maximum atomic E-state index is 4.75. The topological polar surface area (TPSA) is 29.9 Å². The summed E-state index contributed by atoms with van der Waals surface area (Å²) in [4.78, 5) is 4.75. The van der Waals surface area contributed by atoms with E-state index >= 15 is 0 Å². The fraction of sp³-hybridized carbons (Fsp3) is 0.462. The van der Waals surface area contributed by atoms with E-state index < -0.39 is 0 Å². The largest absolute Gasteiger partial charge is 0.330 e. The van der Waals surface area contributed by atoms with Gasteiger partial charge in [-0.1, -0.05) is 19.1 Å². The van der Waals surface area contributed by atoms with Gasteiger partial charge in [-0.15, -0.1) is 0 Å². The molecule has 0 amide bonds. The number of nitrogens with one attached hydrogen (secondary N) is 1. The van der Waals surface area contributed by atoms with Gasteiger partial charge in [0, 0.05) is 7.05 Å². The molecule has 0 bridgehead atoms. The molecule has 2 unspecified atom stereocenters. The van der Waals surface area contributed by atoms with E-state index in [0.717, 1.165) is 12.1 Å². The smallest absolute Gasteiger partial charge is 0.127 e. The zero-order chi connectivity index (χ0) is 11.1. The first-order chi connectivity index (χ1) is 7.77. The lowest BCUT2D eigenvalue weighted by Gasteiger charge is -2.15. The Morgan fingerprint density at radius 3 is 2.88 bits per heavy atom. The molecule has 16 heavy (non-hydrogen) atoms. The maximum absolute atomic E-state index is 4.75. The Kier molecular flexibility index (Phi) is 2.21. The van der Waals surface area contributed by atoms with Crippen molar-refractivity contribution in [2.24, 2.45) is 13.0 Å². The highest BCUT2D eigenvalue weighted by atomic mass is 15.1. The van der Waals surface area contributed by atoms with Crippen LogP contribution in [0.1, 0.15) is 25.2 Å². The van der Waals surface area contributed by atoms with Crippen molar-refractivity contribution in [1.82, 2.24) is 14.9 Å². The Hall–Kier alpha value is -1.35. The number of aryl methyl sites for hydroxylation is 1. The van der Waals surface area contributed by atoms with Crippen LogP contribution in [0.15, 0.2) is 24.3 Å². The highest BCUT2D eigenvalue weighted by molar-refractivity contribution is 5.75. The highest BCUT2D eigenvalue weighted by Gasteiger charge is 2.28. The summed E-state index contributed by atoms with van der Waals surface area (Å²) in [6.45, 7) is 3.40. The van der Waals surface area contributed by atoms with Crippen molar-refractivity contribution in [3.63, 3.8) is 0 Å². The summed E-state index contributed by atoms with van der Waals surface area (Å²) in [7, 11) is 2.11. The quantitative estimate of drug-likeness (QED) is 0.790. The Balaban J connectivity index is 2.13. The van der Waals surface area contributed by atoms with Crippen LogP contribution in [0.25, 0.3) is 11.0 Å². The Labute approximate surface area is 95.5 Å². The number of aromatic nitrogens is 2. The van der Waals surface area contributed by atoms with Crippen LogP contribution in [0.4, 0.5) is 0 Å². The average Bonchev–Trinajstić information content (AvgIpc) is 2.84. The number of hydrogen-bond donors (Lipinski definition) is 1. The van der Waals surface area contributed by atoms with Gasteiger partial charge in [0.1, 0.15) is 5.82 Å². The van der Waals surface area contributed by atoms with Crippen molar-refractivity contribution < 1.29 is 0 Å². The van der Waals surface area contributed by atoms with Crippen LogP contribution < -0.4 is 5.32 Å². The molecule has 0 saturated carbocycles. The summed E-state index contributed by atoms with van der Waals surface area (Å²) in [6, 6.07) is 8.74. The van der Waals surface area contributed by atoms with E-state index in [1.54, 1.807) is 0 Å². The Bertz CT molecular complexity index is 515. The second-order valence-electron chi connectivity index (χ2n) is 4.72. The van der Waals surface area contributed by atoms with Gasteiger partial charge in [0.25, 0.3) is 0 Å². The minimum atomic E-state index is 0.414. The lowest BCUT2D eigenvalue weighted by molar-refractivity contribution is 0.469. The number of imidazole rings is 1. The lowest BCUT2D eigenvalue weighted by Crippen LogP contribution is -2.20. The second-order valence-corrected chi connectivity index (χ2v) is 4.72. The molecule has 1 aromatic carbocycles. The zero-order valence-electron chi connectivity index (χ0n) is 9.77. The molecular weight excluding hydrogens is 198 g/mol. The van der Waals surface area contributed by atoms with Crippen molar-refractivity contribution in [3.8, 4) is 0 Å². The van der Waals surface area contributed by atoms with E-state index in [2.05, 4.69) is 42.1 Å². The first kappa shape index (κ1) is 9.85. The molecule has 1 fully saturated rings. The van der Waals surface area contributed by atoms with E-state index in [1.165, 1.54) is 17.8 Å². The van der Waals surface area contributed by atoms with Crippen LogP contribution in [0.3, 0.4) is 0 Å². The molecule has 1 aliphatic rings. The van der Waals surface area contributed by atoms with Crippen molar-refractivity contribution in [1.29, 1.82) is 0 Å². The molecule has 3 heteroatoms. The molecule has 3 nitrogen and oxygen atoms in total. The third-order valence-electron chi connectivity index (χ3n) is 3.63. The minimum Gasteiger partial charge on any atom is -0.330 e. The summed E-state index contributed by atoms with van der Waals surface area (Å²) >= 11 is 0. The van der Waals surface area contributed by atoms with Gasteiger partial charge in [0.2, 0.25) is 0 Å². The van der Waals surface area contributed by atoms with Crippen LogP contribution in [0, 0.1) is 5.92 Å². The van der Waals surface area contributed by atoms with E-state index in [1.807, 2.05) is 6.07 Å². The number of benzene rings is 1. The van der Waals surface area contributed by atoms with E-state index in [4.69, 9.17) is 4.98 Å². The molecule has 2 aromatic rings. The van der Waals surface area contributed by atoms with Gasteiger partial charge in [-0.25, -0.2) is 4.98 Å². The second kappa shape index (κ2) is 3.59. The standard InChI is InChI=1S/C13H17N3/c1-9-7-8-14-12(9)13-15-10-5-3-4-6-11(10)16(13)2/h3-6,9,12,14H,7-8H2,1-2H3. The monoisotopic (exact) mass is 215 g/mol. The Morgan fingerprint density at radius 1 is 1.38 bits per heavy atom. The first-order valence-electron chi connectivity index (χ1n) is 5.92. The van der Waals surface area contributed by atoms with Gasteiger partial charge in [-0.3, -0.25) is 0 Å². The van der Waals surface area contributed by atoms with Crippen molar-refractivity contribution >= 4 is 11.0 Å². The maximum Gasteiger partial charge on any atom is 0.127 e. The summed E-state index contributed by atoms with van der Waals surface area (Å²) in [6.07, 6.45) is 1.24. The third kappa shape index (κ3) is 1.35. The fourth-order valence-electron chi connectivity index (χ4n) is 2.62. The number of fused-ring (bicyclic) bond motifs is 1. The van der Waals surface area contributed by atoms with E-state index in [0.29, 0.717) is 12.0 Å². The van der Waals surface area contributed by atoms with Crippen LogP contribution in [0.5, 0.6) is 0 Å². The predicted molar refractivity (Wildman–Crippen MR) is 65.2 cm³/mol. The van der Waals surface area contributed by atoms with Gasteiger partial charge in [0.15, 0.2) is 0 Å². The first-order valence-corrected chi connectivity index (χ1v) is 5.92. The molecule has 1 aliphatic heterocycles. The zero-order valence-corrected chi connectivity index (χ0v) is 9.77. The van der Waals surface area contributed by atoms with Crippen molar-refractivity contribution in [2.75, 3.05) is 6.54 Å². The average molecular weight is 215 g/mol. The number of hydrogen-bond acceptors (Lipinski definition) is 2. The fourth-order valence-corrected chi connectivity index (χ4v) is 2.62. The number of nitrogens with zero attached hydrogens (tertiary/aromatic N) is 2. The molecule has 3 rings (SSSR count). The Morgan fingerprint density at radius 2 is 2.19 bits per heavy atom.